The van der Waals surface area contributed by atoms with Gasteiger partial charge >= 0.3 is 0 Å². The molecule has 11 heteroatoms. The Morgan fingerprint density at radius 3 is 2.86 bits per heavy atom. The Morgan fingerprint density at radius 1 is 1.23 bits per heavy atom. The van der Waals surface area contributed by atoms with Gasteiger partial charge in [0.2, 0.25) is 5.95 Å². The highest BCUT2D eigenvalue weighted by atomic mass is 19.3. The number of rotatable bonds is 7. The van der Waals surface area contributed by atoms with E-state index in [4.69, 9.17) is 4.74 Å². The van der Waals surface area contributed by atoms with Gasteiger partial charge in [-0.3, -0.25) is 4.79 Å². The van der Waals surface area contributed by atoms with Gasteiger partial charge in [0, 0.05) is 54.7 Å². The first-order valence-electron chi connectivity index (χ1n) is 11.8. The molecule has 0 atom stereocenters. The van der Waals surface area contributed by atoms with Crippen LogP contribution in [0.5, 0.6) is 0 Å². The van der Waals surface area contributed by atoms with E-state index >= 15 is 0 Å². The third-order valence-corrected chi connectivity index (χ3v) is 6.72. The zero-order chi connectivity index (χ0) is 24.0. The third kappa shape index (κ3) is 4.31. The van der Waals surface area contributed by atoms with E-state index in [9.17, 15) is 13.6 Å². The summed E-state index contributed by atoms with van der Waals surface area (Å²) in [5, 5.41) is 10.8. The minimum atomic E-state index is -2.76. The number of halogens is 2. The second kappa shape index (κ2) is 8.56. The van der Waals surface area contributed by atoms with Crippen molar-refractivity contribution in [1.82, 2.24) is 29.9 Å². The van der Waals surface area contributed by atoms with Crippen molar-refractivity contribution >= 4 is 28.4 Å². The van der Waals surface area contributed by atoms with Crippen LogP contribution >= 0.6 is 0 Å². The van der Waals surface area contributed by atoms with Crippen LogP contribution < -0.4 is 10.6 Å². The fourth-order valence-electron chi connectivity index (χ4n) is 4.51. The molecule has 0 spiro atoms. The Morgan fingerprint density at radius 2 is 2.06 bits per heavy atom. The van der Waals surface area contributed by atoms with Crippen molar-refractivity contribution in [2.45, 2.75) is 37.6 Å². The lowest BCUT2D eigenvalue weighted by atomic mass is 10.1. The van der Waals surface area contributed by atoms with Gasteiger partial charge < -0.3 is 20.4 Å². The highest BCUT2D eigenvalue weighted by molar-refractivity contribution is 6.02. The van der Waals surface area contributed by atoms with Gasteiger partial charge in [0.05, 0.1) is 23.8 Å². The van der Waals surface area contributed by atoms with Gasteiger partial charge in [-0.1, -0.05) is 0 Å². The second-order valence-corrected chi connectivity index (χ2v) is 9.21. The van der Waals surface area contributed by atoms with Crippen LogP contribution in [0.15, 0.2) is 36.9 Å². The molecule has 0 unspecified atom stereocenters. The number of aromatic nitrogens is 5. The number of ether oxygens (including phenoxy) is 1. The summed E-state index contributed by atoms with van der Waals surface area (Å²) >= 11 is 0. The van der Waals surface area contributed by atoms with Crippen LogP contribution in [0.25, 0.3) is 27.7 Å². The molecule has 2 fully saturated rings. The van der Waals surface area contributed by atoms with Crippen molar-refractivity contribution in [2.75, 3.05) is 25.1 Å². The van der Waals surface area contributed by atoms with E-state index in [0.29, 0.717) is 42.8 Å². The van der Waals surface area contributed by atoms with Gasteiger partial charge in [0.1, 0.15) is 5.65 Å². The maximum absolute atomic E-state index is 14.0. The summed E-state index contributed by atoms with van der Waals surface area (Å²) in [5.41, 5.74) is 3.42. The predicted molar refractivity (Wildman–Crippen MR) is 126 cm³/mol. The first-order valence-corrected chi connectivity index (χ1v) is 11.8. The second-order valence-electron chi connectivity index (χ2n) is 9.21. The first kappa shape index (κ1) is 21.9. The molecule has 9 nitrogen and oxygen atoms in total. The number of carbonyl (C=O) groups excluding carboxylic acids is 1. The Bertz CT molecular complexity index is 1390. The van der Waals surface area contributed by atoms with E-state index in [2.05, 4.69) is 30.7 Å². The summed E-state index contributed by atoms with van der Waals surface area (Å²) in [6.07, 6.45) is 9.50. The molecular formula is C24H25F2N7O2. The van der Waals surface area contributed by atoms with Gasteiger partial charge in [-0.25, -0.2) is 18.3 Å². The van der Waals surface area contributed by atoms with Crippen molar-refractivity contribution in [2.24, 2.45) is 5.92 Å². The summed E-state index contributed by atoms with van der Waals surface area (Å²) < 4.78 is 35.0. The number of pyridine rings is 1. The number of hydrogen-bond acceptors (Lipinski definition) is 6. The molecule has 0 aromatic carbocycles. The molecule has 5 heterocycles. The van der Waals surface area contributed by atoms with Crippen LogP contribution in [0.2, 0.25) is 0 Å². The molecule has 1 aliphatic carbocycles. The van der Waals surface area contributed by atoms with Crippen molar-refractivity contribution in [3.05, 3.63) is 42.5 Å². The molecule has 35 heavy (non-hydrogen) atoms. The molecule has 1 saturated heterocycles. The molecule has 1 amide bonds. The van der Waals surface area contributed by atoms with E-state index < -0.39 is 18.4 Å². The maximum atomic E-state index is 14.0. The number of hydrogen-bond donors (Lipinski definition) is 3. The SMILES string of the molecule is O=C(NC1CCOCC1)c1cnn2ccc(-c3c[nH]c4nc(NCC(F)(F)C5CC5)ncc34)cc12. The molecule has 0 radical (unpaired) electrons. The summed E-state index contributed by atoms with van der Waals surface area (Å²) in [6, 6.07) is 3.88. The first-order chi connectivity index (χ1) is 17.0. The van der Waals surface area contributed by atoms with Crippen LogP contribution in [0, 0.1) is 5.92 Å². The number of alkyl halides is 2. The van der Waals surface area contributed by atoms with Gasteiger partial charge in [-0.05, 0) is 43.4 Å². The Balaban J connectivity index is 1.24. The Hall–Kier alpha value is -3.60. The molecule has 3 N–H and O–H groups in total. The number of carbonyl (C=O) groups is 1. The van der Waals surface area contributed by atoms with E-state index in [1.54, 1.807) is 29.3 Å². The smallest absolute Gasteiger partial charge is 0.267 e. The minimum absolute atomic E-state index is 0.0900. The number of fused-ring (bicyclic) bond motifs is 2. The normalized spacial score (nSPS) is 17.2. The van der Waals surface area contributed by atoms with E-state index in [1.165, 1.54) is 0 Å². The molecule has 4 aromatic heterocycles. The maximum Gasteiger partial charge on any atom is 0.267 e. The Kier molecular flexibility index (Phi) is 5.36. The van der Waals surface area contributed by atoms with Crippen molar-refractivity contribution < 1.29 is 18.3 Å². The Labute approximate surface area is 199 Å². The van der Waals surface area contributed by atoms with Crippen LogP contribution in [-0.2, 0) is 4.74 Å². The monoisotopic (exact) mass is 481 g/mol. The zero-order valence-electron chi connectivity index (χ0n) is 18.9. The fraction of sp³-hybridized carbons (Fsp3) is 0.417. The summed E-state index contributed by atoms with van der Waals surface area (Å²) in [4.78, 5) is 24.6. The van der Waals surface area contributed by atoms with Gasteiger partial charge in [0.15, 0.2) is 0 Å². The average Bonchev–Trinajstić information content (AvgIpc) is 3.53. The van der Waals surface area contributed by atoms with Crippen molar-refractivity contribution in [3.63, 3.8) is 0 Å². The van der Waals surface area contributed by atoms with Crippen LogP contribution in [0.4, 0.5) is 14.7 Å². The zero-order valence-corrected chi connectivity index (χ0v) is 18.9. The van der Waals surface area contributed by atoms with Gasteiger partial charge in [0.25, 0.3) is 11.8 Å². The lowest BCUT2D eigenvalue weighted by molar-refractivity contribution is -0.00832. The average molecular weight is 482 g/mol. The molecule has 1 aliphatic heterocycles. The molecule has 6 rings (SSSR count). The van der Waals surface area contributed by atoms with E-state index in [1.807, 2.05) is 12.1 Å². The number of aromatic amines is 1. The molecule has 0 bridgehead atoms. The number of anilines is 1. The topological polar surface area (TPSA) is 109 Å². The van der Waals surface area contributed by atoms with Crippen LogP contribution in [0.1, 0.15) is 36.0 Å². The lowest BCUT2D eigenvalue weighted by Crippen LogP contribution is -2.38. The minimum Gasteiger partial charge on any atom is -0.381 e. The summed E-state index contributed by atoms with van der Waals surface area (Å²) in [6.45, 7) is 0.812. The van der Waals surface area contributed by atoms with Crippen LogP contribution in [0.3, 0.4) is 0 Å². The van der Waals surface area contributed by atoms with Crippen molar-refractivity contribution in [3.8, 4) is 11.1 Å². The fourth-order valence-corrected chi connectivity index (χ4v) is 4.51. The number of nitrogens with one attached hydrogen (secondary N) is 3. The lowest BCUT2D eigenvalue weighted by Gasteiger charge is -2.22. The van der Waals surface area contributed by atoms with Crippen molar-refractivity contribution in [1.29, 1.82) is 0 Å². The third-order valence-electron chi connectivity index (χ3n) is 6.72. The standard InChI is InChI=1S/C24H25F2N7O2/c25-24(26,15-1-2-15)13-29-23-28-11-18-17(10-27-21(18)32-23)14-3-6-33-20(9-14)19(12-30-33)22(34)31-16-4-7-35-8-5-16/h3,6,9-12,15-16H,1-2,4-5,7-8,13H2,(H,31,34)(H2,27,28,29,32). The van der Waals surface area contributed by atoms with E-state index in [-0.39, 0.29) is 17.9 Å². The number of nitrogens with zero attached hydrogens (tertiary/aromatic N) is 4. The summed E-state index contributed by atoms with van der Waals surface area (Å²) in [7, 11) is 0. The molecular weight excluding hydrogens is 456 g/mol. The van der Waals surface area contributed by atoms with E-state index in [0.717, 1.165) is 29.4 Å². The number of H-pyrrole nitrogens is 1. The molecule has 1 saturated carbocycles. The highest BCUT2D eigenvalue weighted by Gasteiger charge is 2.46. The van der Waals surface area contributed by atoms with Crippen LogP contribution in [-0.4, -0.2) is 62.2 Å². The molecule has 4 aromatic rings. The van der Waals surface area contributed by atoms with Gasteiger partial charge in [-0.15, -0.1) is 0 Å². The largest absolute Gasteiger partial charge is 0.381 e. The molecule has 2 aliphatic rings. The highest BCUT2D eigenvalue weighted by Crippen LogP contribution is 2.43. The quantitative estimate of drug-likeness (QED) is 0.372. The molecule has 182 valence electrons. The predicted octanol–water partition coefficient (Wildman–Crippen LogP) is 3.64. The summed E-state index contributed by atoms with van der Waals surface area (Å²) in [5.74, 6) is -3.30. The number of amides is 1. The van der Waals surface area contributed by atoms with Gasteiger partial charge in [-0.2, -0.15) is 10.1 Å².